The predicted molar refractivity (Wildman–Crippen MR) is 125 cm³/mol. The number of hydrogen-bond acceptors (Lipinski definition) is 4. The largest absolute Gasteiger partial charge is 0.330 e. The Balaban J connectivity index is 1.23. The van der Waals surface area contributed by atoms with Crippen molar-refractivity contribution in [3.8, 4) is 11.4 Å². The van der Waals surface area contributed by atoms with Crippen molar-refractivity contribution in [2.45, 2.75) is 20.4 Å². The summed E-state index contributed by atoms with van der Waals surface area (Å²) >= 11 is 0. The van der Waals surface area contributed by atoms with E-state index < -0.39 is 0 Å². The van der Waals surface area contributed by atoms with E-state index >= 15 is 0 Å². The number of carbonyl (C=O) groups is 1. The summed E-state index contributed by atoms with van der Waals surface area (Å²) < 4.78 is 2.22. The Morgan fingerprint density at radius 1 is 0.935 bits per heavy atom. The maximum atomic E-state index is 12.5. The molecule has 6 nitrogen and oxygen atoms in total. The van der Waals surface area contributed by atoms with Gasteiger partial charge in [-0.2, -0.15) is 0 Å². The van der Waals surface area contributed by atoms with Gasteiger partial charge in [-0.1, -0.05) is 42.5 Å². The fourth-order valence-electron chi connectivity index (χ4n) is 4.04. The van der Waals surface area contributed by atoms with Crippen LogP contribution in [0.15, 0.2) is 60.9 Å². The zero-order valence-corrected chi connectivity index (χ0v) is 18.4. The van der Waals surface area contributed by atoms with Crippen LogP contribution < -0.4 is 5.32 Å². The van der Waals surface area contributed by atoms with Gasteiger partial charge in [0.2, 0.25) is 5.91 Å². The number of carbonyl (C=O) groups excluding carboxylic acids is 1. The van der Waals surface area contributed by atoms with Crippen molar-refractivity contribution >= 4 is 11.6 Å². The molecule has 0 spiro atoms. The van der Waals surface area contributed by atoms with Gasteiger partial charge in [0.1, 0.15) is 5.82 Å². The van der Waals surface area contributed by atoms with E-state index in [1.165, 1.54) is 5.56 Å². The molecule has 1 aliphatic rings. The van der Waals surface area contributed by atoms with Crippen molar-refractivity contribution < 1.29 is 4.79 Å². The van der Waals surface area contributed by atoms with Gasteiger partial charge in [-0.15, -0.1) is 0 Å². The molecule has 1 fully saturated rings. The lowest BCUT2D eigenvalue weighted by Crippen LogP contribution is -2.49. The van der Waals surface area contributed by atoms with Crippen LogP contribution >= 0.6 is 0 Å². The monoisotopic (exact) mass is 417 g/mol. The molecule has 1 aliphatic heterocycles. The van der Waals surface area contributed by atoms with Crippen LogP contribution in [-0.4, -0.2) is 64.5 Å². The number of imidazole rings is 1. The molecule has 3 aromatic rings. The predicted octanol–water partition coefficient (Wildman–Crippen LogP) is 3.42. The summed E-state index contributed by atoms with van der Waals surface area (Å²) in [4.78, 5) is 21.7. The van der Waals surface area contributed by atoms with Crippen LogP contribution in [-0.2, 0) is 11.3 Å². The smallest absolute Gasteiger partial charge is 0.238 e. The highest BCUT2D eigenvalue weighted by Crippen LogP contribution is 2.18. The van der Waals surface area contributed by atoms with Gasteiger partial charge in [0.05, 0.1) is 6.54 Å². The quantitative estimate of drug-likeness (QED) is 0.640. The Kier molecular flexibility index (Phi) is 6.79. The first kappa shape index (κ1) is 21.3. The molecule has 0 unspecified atom stereocenters. The van der Waals surface area contributed by atoms with E-state index in [1.807, 2.05) is 43.5 Å². The number of rotatable bonds is 7. The number of aryl methyl sites for hydroxylation is 1. The molecule has 1 amide bonds. The summed E-state index contributed by atoms with van der Waals surface area (Å²) in [5.41, 5.74) is 4.39. The van der Waals surface area contributed by atoms with Gasteiger partial charge in [0, 0.05) is 62.9 Å². The van der Waals surface area contributed by atoms with Gasteiger partial charge >= 0.3 is 0 Å². The van der Waals surface area contributed by atoms with E-state index in [1.54, 1.807) is 0 Å². The lowest BCUT2D eigenvalue weighted by Gasteiger charge is -2.34. The van der Waals surface area contributed by atoms with Crippen LogP contribution in [0.5, 0.6) is 0 Å². The molecule has 4 rings (SSSR count). The maximum Gasteiger partial charge on any atom is 0.238 e. The normalized spacial score (nSPS) is 15.2. The molecule has 0 atom stereocenters. The zero-order valence-electron chi connectivity index (χ0n) is 18.4. The third-order valence-electron chi connectivity index (χ3n) is 6.12. The molecule has 1 aromatic heterocycles. The van der Waals surface area contributed by atoms with Crippen molar-refractivity contribution in [1.82, 2.24) is 19.4 Å². The van der Waals surface area contributed by atoms with E-state index in [-0.39, 0.29) is 5.91 Å². The first-order chi connectivity index (χ1) is 15.1. The van der Waals surface area contributed by atoms with Crippen molar-refractivity contribution in [3.05, 3.63) is 72.1 Å². The van der Waals surface area contributed by atoms with E-state index in [4.69, 9.17) is 0 Å². The van der Waals surface area contributed by atoms with Crippen LogP contribution in [0.2, 0.25) is 0 Å². The molecule has 0 saturated carbocycles. The summed E-state index contributed by atoms with van der Waals surface area (Å²) in [6, 6.07) is 16.3. The molecular formula is C25H31N5O. The molecule has 1 N–H and O–H groups in total. The molecule has 31 heavy (non-hydrogen) atoms. The zero-order chi connectivity index (χ0) is 21.6. The first-order valence-electron chi connectivity index (χ1n) is 11.0. The Labute approximate surface area is 184 Å². The molecular weight excluding hydrogens is 386 g/mol. The molecule has 0 aliphatic carbocycles. The lowest BCUT2D eigenvalue weighted by molar-refractivity contribution is -0.117. The van der Waals surface area contributed by atoms with E-state index in [2.05, 4.69) is 56.0 Å². The molecule has 2 heterocycles. The van der Waals surface area contributed by atoms with Gasteiger partial charge in [-0.05, 0) is 31.0 Å². The number of amides is 1. The lowest BCUT2D eigenvalue weighted by atomic mass is 10.1. The average molecular weight is 418 g/mol. The van der Waals surface area contributed by atoms with E-state index in [0.717, 1.165) is 61.9 Å². The summed E-state index contributed by atoms with van der Waals surface area (Å²) in [7, 11) is 0. The number of nitrogens with zero attached hydrogens (tertiary/aromatic N) is 4. The maximum absolute atomic E-state index is 12.5. The van der Waals surface area contributed by atoms with Gasteiger partial charge in [0.15, 0.2) is 0 Å². The van der Waals surface area contributed by atoms with Crippen molar-refractivity contribution in [1.29, 1.82) is 0 Å². The van der Waals surface area contributed by atoms with Crippen LogP contribution in [0.1, 0.15) is 11.1 Å². The topological polar surface area (TPSA) is 53.4 Å². The SMILES string of the molecule is Cc1cccc(NC(=O)CN2CCN(CCn3ccnc3-c3ccccc3)CC2)c1C. The third-order valence-corrected chi connectivity index (χ3v) is 6.12. The molecule has 6 heteroatoms. The highest BCUT2D eigenvalue weighted by Gasteiger charge is 2.19. The number of hydrogen-bond donors (Lipinski definition) is 1. The molecule has 162 valence electrons. The highest BCUT2D eigenvalue weighted by atomic mass is 16.2. The molecule has 2 aromatic carbocycles. The van der Waals surface area contributed by atoms with E-state index in [9.17, 15) is 4.79 Å². The second-order valence-corrected chi connectivity index (χ2v) is 8.22. The third kappa shape index (κ3) is 5.40. The minimum absolute atomic E-state index is 0.0630. The summed E-state index contributed by atoms with van der Waals surface area (Å²) in [6.07, 6.45) is 3.92. The number of benzene rings is 2. The molecule has 0 bridgehead atoms. The fourth-order valence-corrected chi connectivity index (χ4v) is 4.04. The Morgan fingerprint density at radius 3 is 2.45 bits per heavy atom. The van der Waals surface area contributed by atoms with Gasteiger partial charge < -0.3 is 9.88 Å². The van der Waals surface area contributed by atoms with Crippen molar-refractivity contribution in [2.24, 2.45) is 0 Å². The Hall–Kier alpha value is -2.96. The van der Waals surface area contributed by atoms with Crippen LogP contribution in [0.4, 0.5) is 5.69 Å². The summed E-state index contributed by atoms with van der Waals surface area (Å²) in [5, 5.41) is 3.07. The second kappa shape index (κ2) is 9.90. The Morgan fingerprint density at radius 2 is 1.68 bits per heavy atom. The van der Waals surface area contributed by atoms with Gasteiger partial charge in [-0.25, -0.2) is 4.98 Å². The van der Waals surface area contributed by atoms with Crippen LogP contribution in [0.25, 0.3) is 11.4 Å². The van der Waals surface area contributed by atoms with Gasteiger partial charge in [-0.3, -0.25) is 14.6 Å². The standard InChI is InChI=1S/C25H31N5O/c1-20-7-6-10-23(21(20)2)27-24(31)19-29-15-13-28(14-16-29)17-18-30-12-11-26-25(30)22-8-4-3-5-9-22/h3-12H,13-19H2,1-2H3,(H,27,31). The fraction of sp³-hybridized carbons (Fsp3) is 0.360. The second-order valence-electron chi connectivity index (χ2n) is 8.22. The Bertz CT molecular complexity index is 1010. The van der Waals surface area contributed by atoms with Crippen molar-refractivity contribution in [2.75, 3.05) is 44.6 Å². The number of nitrogens with one attached hydrogen (secondary N) is 1. The van der Waals surface area contributed by atoms with Crippen molar-refractivity contribution in [3.63, 3.8) is 0 Å². The summed E-state index contributed by atoms with van der Waals surface area (Å²) in [6.45, 7) is 10.2. The number of anilines is 1. The molecule has 1 saturated heterocycles. The highest BCUT2D eigenvalue weighted by molar-refractivity contribution is 5.93. The minimum atomic E-state index is 0.0630. The summed E-state index contributed by atoms with van der Waals surface area (Å²) in [5.74, 6) is 1.08. The average Bonchev–Trinajstić information content (AvgIpc) is 3.26. The van der Waals surface area contributed by atoms with Crippen LogP contribution in [0.3, 0.4) is 0 Å². The number of aromatic nitrogens is 2. The first-order valence-corrected chi connectivity index (χ1v) is 11.0. The number of piperazine rings is 1. The van der Waals surface area contributed by atoms with Gasteiger partial charge in [0.25, 0.3) is 0 Å². The van der Waals surface area contributed by atoms with E-state index in [0.29, 0.717) is 6.54 Å². The molecule has 0 radical (unpaired) electrons. The van der Waals surface area contributed by atoms with Crippen LogP contribution in [0, 0.1) is 13.8 Å². The minimum Gasteiger partial charge on any atom is -0.330 e.